The Morgan fingerprint density at radius 1 is 1.12 bits per heavy atom. The highest BCUT2D eigenvalue weighted by molar-refractivity contribution is 9.10. The van der Waals surface area contributed by atoms with E-state index in [-0.39, 0.29) is 5.82 Å². The maximum absolute atomic E-state index is 14.6. The van der Waals surface area contributed by atoms with Crippen LogP contribution in [0.1, 0.15) is 12.5 Å². The first-order chi connectivity index (χ1) is 12.5. The SMILES string of the molecule is COc1cc2ncnc3c2c(c1OC)C=C(C)N3c1ccc(Br)cc1F. The third-order valence-corrected chi connectivity index (χ3v) is 4.85. The van der Waals surface area contributed by atoms with Crippen LogP contribution in [0, 0.1) is 5.82 Å². The van der Waals surface area contributed by atoms with Crippen LogP contribution in [0.3, 0.4) is 0 Å². The molecule has 0 saturated carbocycles. The lowest BCUT2D eigenvalue weighted by Gasteiger charge is -2.30. The summed E-state index contributed by atoms with van der Waals surface area (Å²) in [7, 11) is 3.18. The molecule has 4 rings (SSSR count). The molecule has 0 fully saturated rings. The lowest BCUT2D eigenvalue weighted by molar-refractivity contribution is 0.355. The molecule has 1 aliphatic rings. The molecule has 0 atom stereocenters. The second-order valence-corrected chi connectivity index (χ2v) is 6.75. The Morgan fingerprint density at radius 3 is 2.62 bits per heavy atom. The molecule has 0 amide bonds. The molecule has 0 spiro atoms. The highest BCUT2D eigenvalue weighted by Crippen LogP contribution is 2.46. The number of allylic oxidation sites excluding steroid dienone is 1. The molecule has 0 N–H and O–H groups in total. The number of nitrogens with zero attached hydrogens (tertiary/aromatic N) is 3. The lowest BCUT2D eigenvalue weighted by Crippen LogP contribution is -2.20. The maximum atomic E-state index is 14.6. The zero-order valence-electron chi connectivity index (χ0n) is 14.4. The van der Waals surface area contributed by atoms with Gasteiger partial charge in [0.05, 0.1) is 30.8 Å². The molecule has 3 aromatic rings. The molecule has 0 saturated heterocycles. The molecule has 1 aromatic heterocycles. The van der Waals surface area contributed by atoms with Gasteiger partial charge >= 0.3 is 0 Å². The molecule has 1 aliphatic heterocycles. The van der Waals surface area contributed by atoms with Gasteiger partial charge in [-0.25, -0.2) is 14.4 Å². The summed E-state index contributed by atoms with van der Waals surface area (Å²) in [5.74, 6) is 1.45. The van der Waals surface area contributed by atoms with Crippen molar-refractivity contribution in [3.05, 3.63) is 52.1 Å². The van der Waals surface area contributed by atoms with Crippen molar-refractivity contribution < 1.29 is 13.9 Å². The van der Waals surface area contributed by atoms with E-state index in [0.717, 1.165) is 16.6 Å². The molecular formula is C19H15BrFN3O2. The van der Waals surface area contributed by atoms with Crippen molar-refractivity contribution >= 4 is 44.4 Å². The lowest BCUT2D eigenvalue weighted by atomic mass is 10.0. The van der Waals surface area contributed by atoms with Gasteiger partial charge in [0, 0.05) is 21.8 Å². The van der Waals surface area contributed by atoms with Gasteiger partial charge in [-0.15, -0.1) is 0 Å². The Balaban J connectivity index is 2.05. The number of rotatable bonds is 3. The summed E-state index contributed by atoms with van der Waals surface area (Å²) in [5, 5.41) is 0.790. The zero-order chi connectivity index (χ0) is 18.4. The predicted octanol–water partition coefficient (Wildman–Crippen LogP) is 5.06. The number of anilines is 2. The number of hydrogen-bond acceptors (Lipinski definition) is 5. The Kier molecular flexibility index (Phi) is 4.03. The van der Waals surface area contributed by atoms with Gasteiger partial charge in [0.2, 0.25) is 0 Å². The summed E-state index contributed by atoms with van der Waals surface area (Å²) in [6, 6.07) is 6.75. The van der Waals surface area contributed by atoms with Gasteiger partial charge in [-0.1, -0.05) is 15.9 Å². The van der Waals surface area contributed by atoms with E-state index in [2.05, 4.69) is 25.9 Å². The third kappa shape index (κ3) is 2.42. The fourth-order valence-electron chi connectivity index (χ4n) is 3.27. The molecule has 7 heteroatoms. The van der Waals surface area contributed by atoms with Crippen molar-refractivity contribution in [2.24, 2.45) is 0 Å². The van der Waals surface area contributed by atoms with Gasteiger partial charge in [0.1, 0.15) is 18.0 Å². The van der Waals surface area contributed by atoms with Crippen LogP contribution in [0.4, 0.5) is 15.9 Å². The molecule has 0 bridgehead atoms. The minimum atomic E-state index is -0.345. The van der Waals surface area contributed by atoms with Crippen LogP contribution in [0.25, 0.3) is 17.0 Å². The minimum Gasteiger partial charge on any atom is -0.493 e. The maximum Gasteiger partial charge on any atom is 0.168 e. The van der Waals surface area contributed by atoms with E-state index in [0.29, 0.717) is 33.0 Å². The topological polar surface area (TPSA) is 47.5 Å². The number of benzene rings is 2. The summed E-state index contributed by atoms with van der Waals surface area (Å²) in [5.41, 5.74) is 2.75. The van der Waals surface area contributed by atoms with Gasteiger partial charge in [0.15, 0.2) is 11.5 Å². The highest BCUT2D eigenvalue weighted by atomic mass is 79.9. The summed E-state index contributed by atoms with van der Waals surface area (Å²) < 4.78 is 26.3. The van der Waals surface area contributed by atoms with Gasteiger partial charge < -0.3 is 9.47 Å². The first kappa shape index (κ1) is 16.8. The quantitative estimate of drug-likeness (QED) is 0.597. The average molecular weight is 416 g/mol. The summed E-state index contributed by atoms with van der Waals surface area (Å²) in [6.45, 7) is 1.90. The molecular weight excluding hydrogens is 401 g/mol. The number of methoxy groups -OCH3 is 2. The molecule has 0 aliphatic carbocycles. The number of ether oxygens (including phenoxy) is 2. The Morgan fingerprint density at radius 2 is 1.92 bits per heavy atom. The highest BCUT2D eigenvalue weighted by Gasteiger charge is 2.28. The Hall–Kier alpha value is -2.67. The van der Waals surface area contributed by atoms with Crippen LogP contribution in [-0.2, 0) is 0 Å². The fraction of sp³-hybridized carbons (Fsp3) is 0.158. The van der Waals surface area contributed by atoms with E-state index in [1.807, 2.05) is 13.0 Å². The summed E-state index contributed by atoms with van der Waals surface area (Å²) in [6.07, 6.45) is 3.40. The molecule has 132 valence electrons. The van der Waals surface area contributed by atoms with Crippen LogP contribution >= 0.6 is 15.9 Å². The number of aromatic nitrogens is 2. The largest absolute Gasteiger partial charge is 0.493 e. The van der Waals surface area contributed by atoms with E-state index in [9.17, 15) is 4.39 Å². The van der Waals surface area contributed by atoms with Crippen molar-refractivity contribution in [3.63, 3.8) is 0 Å². The normalized spacial score (nSPS) is 13.0. The average Bonchev–Trinajstić information content (AvgIpc) is 2.62. The summed E-state index contributed by atoms with van der Waals surface area (Å²) >= 11 is 3.30. The van der Waals surface area contributed by atoms with Crippen molar-refractivity contribution in [1.29, 1.82) is 0 Å². The van der Waals surface area contributed by atoms with Crippen molar-refractivity contribution in [2.45, 2.75) is 6.92 Å². The predicted molar refractivity (Wildman–Crippen MR) is 103 cm³/mol. The molecule has 0 unspecified atom stereocenters. The molecule has 5 nitrogen and oxygen atoms in total. The van der Waals surface area contributed by atoms with Crippen molar-refractivity contribution in [3.8, 4) is 11.5 Å². The second-order valence-electron chi connectivity index (χ2n) is 5.83. The second kappa shape index (κ2) is 6.25. The standard InChI is InChI=1S/C19H15BrFN3O2/c1-10-6-12-17-14(8-16(25-2)18(12)26-3)22-9-23-19(17)24(10)15-5-4-11(20)7-13(15)21/h4-9H,1-3H3. The number of halogens is 2. The minimum absolute atomic E-state index is 0.345. The molecule has 2 aromatic carbocycles. The smallest absolute Gasteiger partial charge is 0.168 e. The van der Waals surface area contributed by atoms with Crippen LogP contribution in [-0.4, -0.2) is 24.2 Å². The Bertz CT molecular complexity index is 1070. The van der Waals surface area contributed by atoms with E-state index in [4.69, 9.17) is 9.47 Å². The van der Waals surface area contributed by atoms with Crippen LogP contribution in [0.5, 0.6) is 11.5 Å². The molecule has 2 heterocycles. The van der Waals surface area contributed by atoms with Gasteiger partial charge in [0.25, 0.3) is 0 Å². The van der Waals surface area contributed by atoms with E-state index >= 15 is 0 Å². The monoisotopic (exact) mass is 415 g/mol. The van der Waals surface area contributed by atoms with Gasteiger partial charge in [-0.2, -0.15) is 0 Å². The van der Waals surface area contributed by atoms with Gasteiger partial charge in [-0.05, 0) is 31.2 Å². The van der Waals surface area contributed by atoms with E-state index in [1.54, 1.807) is 37.3 Å². The van der Waals surface area contributed by atoms with Crippen LogP contribution in [0.15, 0.2) is 40.8 Å². The zero-order valence-corrected chi connectivity index (χ0v) is 16.0. The van der Waals surface area contributed by atoms with E-state index < -0.39 is 0 Å². The molecule has 26 heavy (non-hydrogen) atoms. The van der Waals surface area contributed by atoms with E-state index in [1.165, 1.54) is 12.4 Å². The molecule has 0 radical (unpaired) electrons. The first-order valence-electron chi connectivity index (χ1n) is 7.88. The Labute approximate surface area is 158 Å². The first-order valence-corrected chi connectivity index (χ1v) is 8.67. The van der Waals surface area contributed by atoms with Gasteiger partial charge in [-0.3, -0.25) is 4.90 Å². The van der Waals surface area contributed by atoms with Crippen molar-refractivity contribution in [1.82, 2.24) is 9.97 Å². The van der Waals surface area contributed by atoms with Crippen LogP contribution < -0.4 is 14.4 Å². The summed E-state index contributed by atoms with van der Waals surface area (Å²) in [4.78, 5) is 10.6. The van der Waals surface area contributed by atoms with Crippen LogP contribution in [0.2, 0.25) is 0 Å². The number of hydrogen-bond donors (Lipinski definition) is 0. The van der Waals surface area contributed by atoms with Crippen molar-refractivity contribution in [2.75, 3.05) is 19.1 Å². The fourth-order valence-corrected chi connectivity index (χ4v) is 3.60. The third-order valence-electron chi connectivity index (χ3n) is 4.35.